The summed E-state index contributed by atoms with van der Waals surface area (Å²) in [4.78, 5) is 60.1. The number of nitrogens with one attached hydrogen (secondary N) is 3. The average Bonchev–Trinajstić information content (AvgIpc) is 2.78. The standard InChI is InChI=1S/C26H39N3O7/c1-18(30)14-15-21(19(2)31)28-24(33)29-22(23(32)36-26(3,4)5)13-9-10-16-27-25(34)35-17-20-11-7-6-8-12-20/h6-8,11-12,21-22H,9-10,13-17H2,1-5H3,(H,27,34)(H2,28,29,33)/t21-,22-/m0/s1. The molecule has 10 nitrogen and oxygen atoms in total. The van der Waals surface area contributed by atoms with E-state index in [1.165, 1.54) is 13.8 Å². The van der Waals surface area contributed by atoms with E-state index >= 15 is 0 Å². The van der Waals surface area contributed by atoms with Crippen LogP contribution in [0.25, 0.3) is 0 Å². The van der Waals surface area contributed by atoms with E-state index in [0.29, 0.717) is 19.4 Å². The first-order valence-electron chi connectivity index (χ1n) is 12.1. The smallest absolute Gasteiger partial charge is 0.407 e. The number of unbranched alkanes of at least 4 members (excludes halogenated alkanes) is 1. The van der Waals surface area contributed by atoms with Gasteiger partial charge in [-0.05, 0) is 65.9 Å². The minimum Gasteiger partial charge on any atom is -0.458 e. The molecule has 0 aliphatic carbocycles. The summed E-state index contributed by atoms with van der Waals surface area (Å²) < 4.78 is 10.6. The third kappa shape index (κ3) is 14.1. The molecule has 0 bridgehead atoms. The molecule has 2 atom stereocenters. The highest BCUT2D eigenvalue weighted by molar-refractivity contribution is 5.89. The molecule has 1 aromatic carbocycles. The first-order chi connectivity index (χ1) is 16.9. The van der Waals surface area contributed by atoms with Crippen molar-refractivity contribution in [2.24, 2.45) is 0 Å². The Balaban J connectivity index is 2.54. The highest BCUT2D eigenvalue weighted by Crippen LogP contribution is 2.12. The maximum atomic E-state index is 12.7. The van der Waals surface area contributed by atoms with Crippen LogP contribution in [0.5, 0.6) is 0 Å². The van der Waals surface area contributed by atoms with Crippen molar-refractivity contribution >= 4 is 29.7 Å². The van der Waals surface area contributed by atoms with Crippen molar-refractivity contribution in [1.82, 2.24) is 16.0 Å². The number of carbonyl (C=O) groups excluding carboxylic acids is 5. The van der Waals surface area contributed by atoms with E-state index in [1.807, 2.05) is 30.3 Å². The molecular formula is C26H39N3O7. The van der Waals surface area contributed by atoms with Crippen molar-refractivity contribution in [3.8, 4) is 0 Å². The Morgan fingerprint density at radius 1 is 0.889 bits per heavy atom. The lowest BCUT2D eigenvalue weighted by atomic mass is 10.1. The van der Waals surface area contributed by atoms with E-state index in [-0.39, 0.29) is 37.4 Å². The van der Waals surface area contributed by atoms with Gasteiger partial charge in [-0.2, -0.15) is 0 Å². The van der Waals surface area contributed by atoms with Gasteiger partial charge < -0.3 is 30.2 Å². The van der Waals surface area contributed by atoms with Crippen LogP contribution in [0.1, 0.15) is 72.3 Å². The minimum atomic E-state index is -0.949. The van der Waals surface area contributed by atoms with Gasteiger partial charge in [0.2, 0.25) is 0 Å². The molecule has 0 unspecified atom stereocenters. The summed E-state index contributed by atoms with van der Waals surface area (Å²) >= 11 is 0. The zero-order chi connectivity index (χ0) is 27.1. The summed E-state index contributed by atoms with van der Waals surface area (Å²) in [6.45, 7) is 8.40. The summed E-state index contributed by atoms with van der Waals surface area (Å²) in [5.74, 6) is -0.978. The Bertz CT molecular complexity index is 881. The number of hydrogen-bond acceptors (Lipinski definition) is 7. The van der Waals surface area contributed by atoms with Crippen molar-refractivity contribution in [2.45, 2.75) is 91.0 Å². The average molecular weight is 506 g/mol. The number of Topliss-reactive ketones (excluding diaryl/α,β-unsaturated/α-hetero) is 2. The quantitative estimate of drug-likeness (QED) is 0.260. The normalized spacial score (nSPS) is 12.6. The molecule has 1 aromatic rings. The van der Waals surface area contributed by atoms with E-state index < -0.39 is 35.8 Å². The van der Waals surface area contributed by atoms with Crippen LogP contribution in [0.15, 0.2) is 30.3 Å². The van der Waals surface area contributed by atoms with Gasteiger partial charge in [-0.25, -0.2) is 14.4 Å². The second kappa shape index (κ2) is 15.5. The molecule has 200 valence electrons. The fraction of sp³-hybridized carbons (Fsp3) is 0.577. The van der Waals surface area contributed by atoms with Crippen LogP contribution < -0.4 is 16.0 Å². The van der Waals surface area contributed by atoms with Crippen LogP contribution in [0, 0.1) is 0 Å². The maximum Gasteiger partial charge on any atom is 0.407 e. The molecule has 0 aliphatic rings. The molecule has 0 saturated heterocycles. The van der Waals surface area contributed by atoms with E-state index in [1.54, 1.807) is 20.8 Å². The van der Waals surface area contributed by atoms with Gasteiger partial charge in [-0.15, -0.1) is 0 Å². The van der Waals surface area contributed by atoms with Gasteiger partial charge in [0, 0.05) is 13.0 Å². The highest BCUT2D eigenvalue weighted by Gasteiger charge is 2.27. The second-order valence-corrected chi connectivity index (χ2v) is 9.59. The molecule has 0 aromatic heterocycles. The van der Waals surface area contributed by atoms with Gasteiger partial charge in [0.05, 0.1) is 6.04 Å². The van der Waals surface area contributed by atoms with Crippen LogP contribution in [-0.4, -0.2) is 53.9 Å². The second-order valence-electron chi connectivity index (χ2n) is 9.59. The van der Waals surface area contributed by atoms with Crippen molar-refractivity contribution in [3.63, 3.8) is 0 Å². The van der Waals surface area contributed by atoms with Crippen LogP contribution in [0.4, 0.5) is 9.59 Å². The largest absolute Gasteiger partial charge is 0.458 e. The van der Waals surface area contributed by atoms with Crippen LogP contribution >= 0.6 is 0 Å². The van der Waals surface area contributed by atoms with Gasteiger partial charge >= 0.3 is 18.1 Å². The fourth-order valence-corrected chi connectivity index (χ4v) is 3.14. The summed E-state index contributed by atoms with van der Waals surface area (Å²) in [6.07, 6.45) is 1.10. The van der Waals surface area contributed by atoms with Crippen molar-refractivity contribution < 1.29 is 33.4 Å². The fourth-order valence-electron chi connectivity index (χ4n) is 3.14. The molecule has 0 saturated carbocycles. The van der Waals surface area contributed by atoms with Gasteiger partial charge in [0.1, 0.15) is 24.0 Å². The van der Waals surface area contributed by atoms with E-state index in [2.05, 4.69) is 16.0 Å². The number of ether oxygens (including phenoxy) is 2. The molecular weight excluding hydrogens is 466 g/mol. The van der Waals surface area contributed by atoms with Crippen molar-refractivity contribution in [1.29, 1.82) is 0 Å². The topological polar surface area (TPSA) is 140 Å². The predicted molar refractivity (Wildman–Crippen MR) is 134 cm³/mol. The molecule has 3 N–H and O–H groups in total. The number of carbonyl (C=O) groups is 5. The number of esters is 1. The Hall–Kier alpha value is -3.43. The third-order valence-corrected chi connectivity index (χ3v) is 4.98. The molecule has 3 amide bonds. The Labute approximate surface area is 212 Å². The molecule has 36 heavy (non-hydrogen) atoms. The maximum absolute atomic E-state index is 12.7. The van der Waals surface area contributed by atoms with E-state index in [4.69, 9.17) is 9.47 Å². The zero-order valence-corrected chi connectivity index (χ0v) is 21.8. The molecule has 1 rings (SSSR count). The van der Waals surface area contributed by atoms with Gasteiger partial charge in [0.25, 0.3) is 0 Å². The van der Waals surface area contributed by atoms with Gasteiger partial charge in [-0.1, -0.05) is 30.3 Å². The van der Waals surface area contributed by atoms with Crippen LogP contribution in [0.2, 0.25) is 0 Å². The first kappa shape index (κ1) is 30.6. The van der Waals surface area contributed by atoms with Crippen molar-refractivity contribution in [3.05, 3.63) is 35.9 Å². The number of alkyl carbamates (subject to hydrolysis) is 1. The number of amides is 3. The van der Waals surface area contributed by atoms with E-state index in [9.17, 15) is 24.0 Å². The summed E-state index contributed by atoms with van der Waals surface area (Å²) in [5.41, 5.74) is 0.131. The third-order valence-electron chi connectivity index (χ3n) is 4.98. The number of urea groups is 1. The number of hydrogen-bond donors (Lipinski definition) is 3. The highest BCUT2D eigenvalue weighted by atomic mass is 16.6. The lowest BCUT2D eigenvalue weighted by Gasteiger charge is -2.25. The van der Waals surface area contributed by atoms with Crippen LogP contribution in [-0.2, 0) is 30.5 Å². The molecule has 0 radical (unpaired) electrons. The minimum absolute atomic E-state index is 0.0901. The Kier molecular flexibility index (Phi) is 13.2. The number of benzene rings is 1. The van der Waals surface area contributed by atoms with Crippen LogP contribution in [0.3, 0.4) is 0 Å². The van der Waals surface area contributed by atoms with Gasteiger partial charge in [0.15, 0.2) is 5.78 Å². The van der Waals surface area contributed by atoms with Gasteiger partial charge in [-0.3, -0.25) is 4.79 Å². The molecule has 0 spiro atoms. The lowest BCUT2D eigenvalue weighted by molar-refractivity contribution is -0.157. The van der Waals surface area contributed by atoms with E-state index in [0.717, 1.165) is 5.56 Å². The SMILES string of the molecule is CC(=O)CC[C@H](NC(=O)N[C@@H](CCCCNC(=O)OCc1ccccc1)C(=O)OC(C)(C)C)C(C)=O. The Morgan fingerprint density at radius 3 is 2.11 bits per heavy atom. The monoisotopic (exact) mass is 505 g/mol. The lowest BCUT2D eigenvalue weighted by Crippen LogP contribution is -2.51. The summed E-state index contributed by atoms with van der Waals surface area (Å²) in [5, 5.41) is 7.76. The molecule has 10 heteroatoms. The first-order valence-corrected chi connectivity index (χ1v) is 12.1. The predicted octanol–water partition coefficient (Wildman–Crippen LogP) is 3.42. The Morgan fingerprint density at radius 2 is 1.53 bits per heavy atom. The number of rotatable bonds is 14. The zero-order valence-electron chi connectivity index (χ0n) is 21.8. The summed E-state index contributed by atoms with van der Waals surface area (Å²) in [7, 11) is 0. The van der Waals surface area contributed by atoms with Crippen molar-refractivity contribution in [2.75, 3.05) is 6.54 Å². The molecule has 0 heterocycles. The summed E-state index contributed by atoms with van der Waals surface area (Å²) in [6, 6.07) is 6.83. The molecule has 0 aliphatic heterocycles. The molecule has 0 fully saturated rings. The number of ketones is 2.